The predicted octanol–water partition coefficient (Wildman–Crippen LogP) is 3.68. The first-order valence-corrected chi connectivity index (χ1v) is 10.7. The van der Waals surface area contributed by atoms with Crippen LogP contribution >= 0.6 is 11.3 Å². The summed E-state index contributed by atoms with van der Waals surface area (Å²) in [7, 11) is 2.15. The molecule has 1 aromatic heterocycles. The highest BCUT2D eigenvalue weighted by Gasteiger charge is 2.50. The van der Waals surface area contributed by atoms with Crippen molar-refractivity contribution in [3.63, 3.8) is 0 Å². The summed E-state index contributed by atoms with van der Waals surface area (Å²) in [6.07, 6.45) is 9.41. The number of likely N-dealkylation sites (N-methyl/N-ethyl adjacent to an activating group) is 1. The summed E-state index contributed by atoms with van der Waals surface area (Å²) in [6.45, 7) is 0. The van der Waals surface area contributed by atoms with Crippen LogP contribution in [-0.4, -0.2) is 41.2 Å². The Labute approximate surface area is 154 Å². The zero-order chi connectivity index (χ0) is 17.4. The van der Waals surface area contributed by atoms with Gasteiger partial charge in [0.1, 0.15) is 6.10 Å². The fraction of sp³-hybridized carbons (Fsp3) is 0.750. The SMILES string of the molecule is CN1[C@H]2CC[C@@H]1[C@H](OC(=O)[C@@](O)(c1cccs1)C1CCCCC1)CC2. The average molecular weight is 364 g/mol. The summed E-state index contributed by atoms with van der Waals surface area (Å²) in [5.41, 5.74) is -1.47. The highest BCUT2D eigenvalue weighted by molar-refractivity contribution is 7.10. The zero-order valence-corrected chi connectivity index (χ0v) is 15.8. The number of fused-ring (bicyclic) bond motifs is 2. The molecule has 0 radical (unpaired) electrons. The number of esters is 1. The maximum Gasteiger partial charge on any atom is 0.344 e. The second-order valence-electron chi connectivity index (χ2n) is 8.06. The van der Waals surface area contributed by atoms with Gasteiger partial charge in [0.25, 0.3) is 0 Å². The standard InChI is InChI=1S/C20H29NO3S/c1-21-15-9-11-16(21)17(12-10-15)24-19(22)20(23,18-8-5-13-25-18)14-6-3-2-4-7-14/h5,8,13-17,23H,2-4,6-7,9-12H2,1H3/t15-,16+,17+,20-/m0/s1. The number of carbonyl (C=O) groups is 1. The summed E-state index contributed by atoms with van der Waals surface area (Å²) >= 11 is 1.47. The minimum absolute atomic E-state index is 0.0231. The monoisotopic (exact) mass is 363 g/mol. The molecule has 5 heteroatoms. The van der Waals surface area contributed by atoms with Gasteiger partial charge in [0, 0.05) is 22.9 Å². The summed E-state index contributed by atoms with van der Waals surface area (Å²) in [4.78, 5) is 16.4. The molecule has 0 aromatic carbocycles. The van der Waals surface area contributed by atoms with Crippen LogP contribution in [0.1, 0.15) is 62.7 Å². The van der Waals surface area contributed by atoms with E-state index in [1.54, 1.807) is 0 Å². The molecule has 0 amide bonds. The van der Waals surface area contributed by atoms with Gasteiger partial charge in [-0.1, -0.05) is 25.3 Å². The van der Waals surface area contributed by atoms with Crippen molar-refractivity contribution in [2.75, 3.05) is 7.05 Å². The average Bonchev–Trinajstić information content (AvgIpc) is 3.24. The summed E-state index contributed by atoms with van der Waals surface area (Å²) in [5.74, 6) is -0.435. The van der Waals surface area contributed by atoms with E-state index in [2.05, 4.69) is 11.9 Å². The van der Waals surface area contributed by atoms with E-state index < -0.39 is 11.6 Å². The van der Waals surface area contributed by atoms with Gasteiger partial charge in [-0.25, -0.2) is 4.79 Å². The Kier molecular flexibility index (Phi) is 4.91. The smallest absolute Gasteiger partial charge is 0.344 e. The van der Waals surface area contributed by atoms with Gasteiger partial charge in [0.05, 0.1) is 0 Å². The van der Waals surface area contributed by atoms with Crippen molar-refractivity contribution in [3.05, 3.63) is 22.4 Å². The van der Waals surface area contributed by atoms with Crippen molar-refractivity contribution >= 4 is 17.3 Å². The molecule has 0 spiro atoms. The van der Waals surface area contributed by atoms with Crippen LogP contribution in [0.2, 0.25) is 0 Å². The van der Waals surface area contributed by atoms with Gasteiger partial charge in [-0.3, -0.25) is 4.90 Å². The lowest BCUT2D eigenvalue weighted by Gasteiger charge is -2.40. The number of hydrogen-bond acceptors (Lipinski definition) is 5. The maximum atomic E-state index is 13.2. The molecule has 1 saturated carbocycles. The van der Waals surface area contributed by atoms with Crippen LogP contribution in [0, 0.1) is 5.92 Å². The van der Waals surface area contributed by atoms with Crippen LogP contribution in [-0.2, 0) is 15.1 Å². The van der Waals surface area contributed by atoms with E-state index in [-0.39, 0.29) is 12.0 Å². The summed E-state index contributed by atoms with van der Waals surface area (Å²) < 4.78 is 6.01. The lowest BCUT2D eigenvalue weighted by molar-refractivity contribution is -0.185. The minimum atomic E-state index is -1.47. The van der Waals surface area contributed by atoms with Crippen molar-refractivity contribution in [2.24, 2.45) is 5.92 Å². The third kappa shape index (κ3) is 3.04. The molecule has 3 aliphatic rings. The van der Waals surface area contributed by atoms with Crippen LogP contribution in [0.25, 0.3) is 0 Å². The number of thiophene rings is 1. The fourth-order valence-corrected chi connectivity index (χ4v) is 6.13. The van der Waals surface area contributed by atoms with Crippen LogP contribution in [0.3, 0.4) is 0 Å². The van der Waals surface area contributed by atoms with Gasteiger partial charge in [-0.15, -0.1) is 11.3 Å². The maximum absolute atomic E-state index is 13.2. The number of hydrogen-bond donors (Lipinski definition) is 1. The quantitative estimate of drug-likeness (QED) is 0.829. The molecule has 4 atom stereocenters. The lowest BCUT2D eigenvalue weighted by atomic mass is 9.76. The largest absolute Gasteiger partial charge is 0.458 e. The van der Waals surface area contributed by atoms with Gasteiger partial charge in [0.2, 0.25) is 0 Å². The predicted molar refractivity (Wildman–Crippen MR) is 98.5 cm³/mol. The zero-order valence-electron chi connectivity index (χ0n) is 15.0. The van der Waals surface area contributed by atoms with Gasteiger partial charge in [-0.2, -0.15) is 0 Å². The van der Waals surface area contributed by atoms with Gasteiger partial charge in [0.15, 0.2) is 5.60 Å². The van der Waals surface area contributed by atoms with Gasteiger partial charge in [-0.05, 0) is 57.0 Å². The molecular weight excluding hydrogens is 334 g/mol. The molecule has 2 bridgehead atoms. The van der Waals surface area contributed by atoms with E-state index in [0.29, 0.717) is 12.1 Å². The Morgan fingerprint density at radius 2 is 1.96 bits per heavy atom. The molecule has 3 heterocycles. The molecular formula is C20H29NO3S. The molecule has 1 N–H and O–H groups in total. The fourth-order valence-electron chi connectivity index (χ4n) is 5.24. The van der Waals surface area contributed by atoms with Crippen LogP contribution in [0.15, 0.2) is 17.5 Å². The third-order valence-corrected chi connectivity index (χ3v) is 7.77. The Balaban J connectivity index is 1.56. The van der Waals surface area contributed by atoms with E-state index in [0.717, 1.165) is 49.8 Å². The number of nitrogens with zero attached hydrogens (tertiary/aromatic N) is 1. The minimum Gasteiger partial charge on any atom is -0.458 e. The number of carbonyl (C=O) groups excluding carboxylic acids is 1. The van der Waals surface area contributed by atoms with E-state index in [1.165, 1.54) is 24.2 Å². The Bertz CT molecular complexity index is 598. The van der Waals surface area contributed by atoms with E-state index >= 15 is 0 Å². The molecule has 2 aliphatic heterocycles. The highest BCUT2D eigenvalue weighted by Crippen LogP contribution is 2.43. The van der Waals surface area contributed by atoms with Gasteiger partial charge >= 0.3 is 5.97 Å². The number of piperidine rings is 1. The highest BCUT2D eigenvalue weighted by atomic mass is 32.1. The van der Waals surface area contributed by atoms with Crippen molar-refractivity contribution in [3.8, 4) is 0 Å². The van der Waals surface area contributed by atoms with Crippen molar-refractivity contribution in [1.29, 1.82) is 0 Å². The Morgan fingerprint density at radius 1 is 1.20 bits per heavy atom. The summed E-state index contributed by atoms with van der Waals surface area (Å²) in [6, 6.07) is 4.77. The second kappa shape index (κ2) is 7.01. The molecule has 0 unspecified atom stereocenters. The topological polar surface area (TPSA) is 49.8 Å². The second-order valence-corrected chi connectivity index (χ2v) is 9.01. The number of rotatable bonds is 4. The molecule has 25 heavy (non-hydrogen) atoms. The van der Waals surface area contributed by atoms with Gasteiger partial charge < -0.3 is 9.84 Å². The van der Waals surface area contributed by atoms with Crippen molar-refractivity contribution in [1.82, 2.24) is 4.90 Å². The van der Waals surface area contributed by atoms with Crippen molar-refractivity contribution < 1.29 is 14.6 Å². The third-order valence-electron chi connectivity index (χ3n) is 6.77. The molecule has 1 aliphatic carbocycles. The van der Waals surface area contributed by atoms with Crippen LogP contribution in [0.5, 0.6) is 0 Å². The number of ether oxygens (including phenoxy) is 1. The van der Waals surface area contributed by atoms with Crippen LogP contribution < -0.4 is 0 Å². The van der Waals surface area contributed by atoms with Crippen molar-refractivity contribution in [2.45, 2.75) is 81.6 Å². The van der Waals surface area contributed by atoms with Crippen LogP contribution in [0.4, 0.5) is 0 Å². The van der Waals surface area contributed by atoms with E-state index in [1.807, 2.05) is 17.5 Å². The molecule has 1 aromatic rings. The first-order chi connectivity index (χ1) is 12.1. The number of aliphatic hydroxyl groups is 1. The molecule has 4 nitrogen and oxygen atoms in total. The normalized spacial score (nSPS) is 33.1. The Morgan fingerprint density at radius 3 is 2.68 bits per heavy atom. The molecule has 4 rings (SSSR count). The Hall–Kier alpha value is -0.910. The molecule has 3 fully saturated rings. The van der Waals surface area contributed by atoms with E-state index in [9.17, 15) is 9.90 Å². The van der Waals surface area contributed by atoms with E-state index in [4.69, 9.17) is 4.74 Å². The summed E-state index contributed by atoms with van der Waals surface area (Å²) in [5, 5.41) is 13.5. The lowest BCUT2D eigenvalue weighted by Crippen LogP contribution is -2.51. The molecule has 138 valence electrons. The molecule has 2 saturated heterocycles. The first kappa shape index (κ1) is 17.5. The first-order valence-electron chi connectivity index (χ1n) is 9.80.